The minimum absolute atomic E-state index is 0.380. The third-order valence-electron chi connectivity index (χ3n) is 3.42. The summed E-state index contributed by atoms with van der Waals surface area (Å²) in [5, 5.41) is 4.47. The first-order valence-electron chi connectivity index (χ1n) is 6.66. The number of benzene rings is 2. The molecule has 2 aromatic carbocycles. The van der Waals surface area contributed by atoms with E-state index >= 15 is 0 Å². The Hall–Kier alpha value is -2.46. The quantitative estimate of drug-likeness (QED) is 0.752. The molecule has 3 rings (SSSR count). The van der Waals surface area contributed by atoms with Gasteiger partial charge in [0, 0.05) is 17.3 Å². The number of hydrogen-bond donors (Lipinski definition) is 1. The summed E-state index contributed by atoms with van der Waals surface area (Å²) in [5.74, 6) is 0. The predicted molar refractivity (Wildman–Crippen MR) is 89.6 cm³/mol. The second kappa shape index (κ2) is 5.50. The van der Waals surface area contributed by atoms with E-state index in [-0.39, 0.29) is 0 Å². The molecule has 0 saturated carbocycles. The zero-order valence-corrected chi connectivity index (χ0v) is 12.5. The average Bonchev–Trinajstić information content (AvgIpc) is 2.97. The second-order valence-electron chi connectivity index (χ2n) is 4.87. The highest BCUT2D eigenvalue weighted by Crippen LogP contribution is 2.23. The summed E-state index contributed by atoms with van der Waals surface area (Å²) in [5.41, 5.74) is 10.9. The van der Waals surface area contributed by atoms with Gasteiger partial charge < -0.3 is 5.73 Å². The fourth-order valence-electron chi connectivity index (χ4n) is 2.39. The number of aromatic nitrogens is 2. The fraction of sp³-hybridized carbons (Fsp3) is 0.0588. The SMILES string of the molecule is Cc1cccc(C(N)=S)c1-n1cc(-c2ccccc2)cn1. The molecule has 0 amide bonds. The van der Waals surface area contributed by atoms with Crippen LogP contribution in [0.2, 0.25) is 0 Å². The molecule has 104 valence electrons. The maximum absolute atomic E-state index is 5.83. The summed E-state index contributed by atoms with van der Waals surface area (Å²) < 4.78 is 1.84. The molecule has 0 radical (unpaired) electrons. The van der Waals surface area contributed by atoms with E-state index < -0.39 is 0 Å². The summed E-state index contributed by atoms with van der Waals surface area (Å²) in [7, 11) is 0. The van der Waals surface area contributed by atoms with E-state index in [1.807, 2.05) is 60.4 Å². The summed E-state index contributed by atoms with van der Waals surface area (Å²) in [6.45, 7) is 2.03. The van der Waals surface area contributed by atoms with Crippen molar-refractivity contribution in [3.05, 3.63) is 72.1 Å². The van der Waals surface area contributed by atoms with Crippen molar-refractivity contribution in [2.24, 2.45) is 5.73 Å². The largest absolute Gasteiger partial charge is 0.389 e. The van der Waals surface area contributed by atoms with Crippen LogP contribution < -0.4 is 5.73 Å². The van der Waals surface area contributed by atoms with E-state index in [1.54, 1.807) is 0 Å². The number of rotatable bonds is 3. The van der Waals surface area contributed by atoms with Crippen LogP contribution in [0.15, 0.2) is 60.9 Å². The molecule has 21 heavy (non-hydrogen) atoms. The maximum atomic E-state index is 5.83. The molecule has 1 heterocycles. The molecular formula is C17H15N3S. The number of nitrogens with zero attached hydrogens (tertiary/aromatic N) is 2. The van der Waals surface area contributed by atoms with Crippen LogP contribution in [0.25, 0.3) is 16.8 Å². The molecule has 0 saturated heterocycles. The monoisotopic (exact) mass is 293 g/mol. The van der Waals surface area contributed by atoms with Gasteiger partial charge in [0.1, 0.15) is 4.99 Å². The molecule has 3 nitrogen and oxygen atoms in total. The topological polar surface area (TPSA) is 43.8 Å². The molecule has 0 unspecified atom stereocenters. The molecule has 0 bridgehead atoms. The van der Waals surface area contributed by atoms with Crippen molar-refractivity contribution in [2.45, 2.75) is 6.92 Å². The van der Waals surface area contributed by atoms with Crippen molar-refractivity contribution in [2.75, 3.05) is 0 Å². The van der Waals surface area contributed by atoms with Crippen molar-refractivity contribution >= 4 is 17.2 Å². The van der Waals surface area contributed by atoms with Crippen molar-refractivity contribution in [1.29, 1.82) is 0 Å². The zero-order chi connectivity index (χ0) is 14.8. The third kappa shape index (κ3) is 2.58. The van der Waals surface area contributed by atoms with Crippen LogP contribution in [0.4, 0.5) is 0 Å². The Morgan fingerprint density at radius 1 is 1.05 bits per heavy atom. The number of para-hydroxylation sites is 1. The molecule has 1 aromatic heterocycles. The molecular weight excluding hydrogens is 278 g/mol. The van der Waals surface area contributed by atoms with E-state index in [0.717, 1.165) is 27.9 Å². The number of thiocarbonyl (C=S) groups is 1. The van der Waals surface area contributed by atoms with Crippen LogP contribution in [0.5, 0.6) is 0 Å². The van der Waals surface area contributed by atoms with Gasteiger partial charge in [0.15, 0.2) is 0 Å². The number of aryl methyl sites for hydroxylation is 1. The standard InChI is InChI=1S/C17H15N3S/c1-12-6-5-9-15(17(18)21)16(12)20-11-14(10-19-20)13-7-3-2-4-8-13/h2-11H,1H3,(H2,18,21). The van der Waals surface area contributed by atoms with Crippen molar-refractivity contribution in [3.8, 4) is 16.8 Å². The maximum Gasteiger partial charge on any atom is 0.106 e. The Bertz CT molecular complexity index is 791. The zero-order valence-electron chi connectivity index (χ0n) is 11.7. The van der Waals surface area contributed by atoms with Gasteiger partial charge in [-0.3, -0.25) is 0 Å². The van der Waals surface area contributed by atoms with Gasteiger partial charge in [0.05, 0.1) is 11.9 Å². The Labute approximate surface area is 129 Å². The van der Waals surface area contributed by atoms with Crippen molar-refractivity contribution in [1.82, 2.24) is 9.78 Å². The lowest BCUT2D eigenvalue weighted by Crippen LogP contribution is -2.14. The van der Waals surface area contributed by atoms with Gasteiger partial charge in [-0.1, -0.05) is 54.7 Å². The molecule has 2 N–H and O–H groups in total. The molecule has 3 aromatic rings. The Kier molecular flexibility index (Phi) is 3.54. The van der Waals surface area contributed by atoms with E-state index in [9.17, 15) is 0 Å². The smallest absolute Gasteiger partial charge is 0.106 e. The minimum Gasteiger partial charge on any atom is -0.389 e. The summed E-state index contributed by atoms with van der Waals surface area (Å²) in [6, 6.07) is 16.1. The van der Waals surface area contributed by atoms with Gasteiger partial charge in [-0.15, -0.1) is 0 Å². The second-order valence-corrected chi connectivity index (χ2v) is 5.31. The van der Waals surface area contributed by atoms with Crippen LogP contribution in [-0.2, 0) is 0 Å². The lowest BCUT2D eigenvalue weighted by molar-refractivity contribution is 0.871. The summed E-state index contributed by atoms with van der Waals surface area (Å²) >= 11 is 5.15. The normalized spacial score (nSPS) is 10.5. The molecule has 0 atom stereocenters. The van der Waals surface area contributed by atoms with E-state index in [2.05, 4.69) is 17.2 Å². The van der Waals surface area contributed by atoms with Crippen molar-refractivity contribution < 1.29 is 0 Å². The summed E-state index contributed by atoms with van der Waals surface area (Å²) in [4.78, 5) is 0.380. The van der Waals surface area contributed by atoms with Gasteiger partial charge in [0.2, 0.25) is 0 Å². The van der Waals surface area contributed by atoms with Gasteiger partial charge in [0.25, 0.3) is 0 Å². The minimum atomic E-state index is 0.380. The molecule has 0 aliphatic heterocycles. The number of nitrogens with two attached hydrogens (primary N) is 1. The van der Waals surface area contributed by atoms with Crippen LogP contribution in [0.1, 0.15) is 11.1 Å². The van der Waals surface area contributed by atoms with Crippen LogP contribution in [-0.4, -0.2) is 14.8 Å². The highest BCUT2D eigenvalue weighted by molar-refractivity contribution is 7.80. The molecule has 4 heteroatoms. The van der Waals surface area contributed by atoms with Gasteiger partial charge in [-0.2, -0.15) is 5.10 Å². The van der Waals surface area contributed by atoms with Gasteiger partial charge in [-0.25, -0.2) is 4.68 Å². The molecule has 0 aliphatic rings. The lowest BCUT2D eigenvalue weighted by Gasteiger charge is -2.11. The first kappa shape index (κ1) is 13.5. The van der Waals surface area contributed by atoms with E-state index in [4.69, 9.17) is 18.0 Å². The van der Waals surface area contributed by atoms with Crippen molar-refractivity contribution in [3.63, 3.8) is 0 Å². The van der Waals surface area contributed by atoms with Crippen LogP contribution >= 0.6 is 12.2 Å². The fourth-order valence-corrected chi connectivity index (χ4v) is 2.55. The predicted octanol–water partition coefficient (Wildman–Crippen LogP) is 3.48. The van der Waals surface area contributed by atoms with Gasteiger partial charge in [-0.05, 0) is 24.1 Å². The first-order valence-corrected chi connectivity index (χ1v) is 7.07. The Balaban J connectivity index is 2.11. The Morgan fingerprint density at radius 3 is 2.52 bits per heavy atom. The highest BCUT2D eigenvalue weighted by atomic mass is 32.1. The third-order valence-corrected chi connectivity index (χ3v) is 3.64. The molecule has 0 spiro atoms. The van der Waals surface area contributed by atoms with Gasteiger partial charge >= 0.3 is 0 Å². The van der Waals surface area contributed by atoms with Crippen LogP contribution in [0.3, 0.4) is 0 Å². The van der Waals surface area contributed by atoms with Crippen LogP contribution in [0, 0.1) is 6.92 Å². The first-order chi connectivity index (χ1) is 10.2. The summed E-state index contributed by atoms with van der Waals surface area (Å²) in [6.07, 6.45) is 3.85. The lowest BCUT2D eigenvalue weighted by atomic mass is 10.1. The molecule has 0 fully saturated rings. The molecule has 0 aliphatic carbocycles. The van der Waals surface area contributed by atoms with E-state index in [0.29, 0.717) is 4.99 Å². The number of hydrogen-bond acceptors (Lipinski definition) is 2. The van der Waals surface area contributed by atoms with E-state index in [1.165, 1.54) is 0 Å². The average molecular weight is 293 g/mol. The highest BCUT2D eigenvalue weighted by Gasteiger charge is 2.11. The Morgan fingerprint density at radius 2 is 1.81 bits per heavy atom.